The van der Waals surface area contributed by atoms with Gasteiger partial charge < -0.3 is 19.2 Å². The highest BCUT2D eigenvalue weighted by molar-refractivity contribution is 7.80. The van der Waals surface area contributed by atoms with Crippen molar-refractivity contribution >= 4 is 23.0 Å². The van der Waals surface area contributed by atoms with E-state index in [-0.39, 0.29) is 12.1 Å². The summed E-state index contributed by atoms with van der Waals surface area (Å²) in [6.07, 6.45) is 3.57. The molecule has 3 aromatic heterocycles. The maximum Gasteiger partial charge on any atom is 0.174 e. The Morgan fingerprint density at radius 1 is 1.06 bits per heavy atom. The van der Waals surface area contributed by atoms with Crippen LogP contribution in [-0.4, -0.2) is 14.7 Å². The number of pyridine rings is 1. The van der Waals surface area contributed by atoms with Gasteiger partial charge in [-0.2, -0.15) is 0 Å². The van der Waals surface area contributed by atoms with Gasteiger partial charge in [-0.05, 0) is 85.6 Å². The summed E-state index contributed by atoms with van der Waals surface area (Å²) in [6.45, 7) is 9.46. The molecule has 1 aromatic carbocycles. The fraction of sp³-hybridized carbons (Fsp3) is 0.286. The predicted molar refractivity (Wildman–Crippen MR) is 140 cm³/mol. The Morgan fingerprint density at radius 2 is 1.85 bits per heavy atom. The van der Waals surface area contributed by atoms with Gasteiger partial charge >= 0.3 is 0 Å². The molecule has 1 N–H and O–H groups in total. The summed E-state index contributed by atoms with van der Waals surface area (Å²) in [5.41, 5.74) is 7.01. The van der Waals surface area contributed by atoms with Crippen molar-refractivity contribution in [3.05, 3.63) is 107 Å². The summed E-state index contributed by atoms with van der Waals surface area (Å²) >= 11 is 5.90. The number of nitrogens with zero attached hydrogens (tertiary/aromatic N) is 3. The van der Waals surface area contributed by atoms with Crippen LogP contribution < -0.4 is 10.2 Å². The highest BCUT2D eigenvalue weighted by Gasteiger charge is 2.42. The summed E-state index contributed by atoms with van der Waals surface area (Å²) in [5, 5.41) is 4.29. The van der Waals surface area contributed by atoms with E-state index in [4.69, 9.17) is 16.6 Å². The van der Waals surface area contributed by atoms with E-state index in [1.54, 1.807) is 6.26 Å². The van der Waals surface area contributed by atoms with Crippen LogP contribution in [0.5, 0.6) is 0 Å². The maximum atomic E-state index is 5.90. The van der Waals surface area contributed by atoms with Gasteiger partial charge in [0.2, 0.25) is 0 Å². The normalized spacial score (nSPS) is 18.0. The van der Waals surface area contributed by atoms with Crippen molar-refractivity contribution < 1.29 is 4.42 Å². The molecule has 5 nitrogen and oxygen atoms in total. The van der Waals surface area contributed by atoms with Crippen LogP contribution in [0.4, 0.5) is 5.69 Å². The molecule has 0 bridgehead atoms. The molecule has 2 unspecified atom stereocenters. The number of hydrogen-bond donors (Lipinski definition) is 1. The Balaban J connectivity index is 1.61. The van der Waals surface area contributed by atoms with Gasteiger partial charge in [-0.15, -0.1) is 0 Å². The molecule has 6 heteroatoms. The third-order valence-corrected chi connectivity index (χ3v) is 7.08. The van der Waals surface area contributed by atoms with E-state index in [1.165, 1.54) is 22.5 Å². The topological polar surface area (TPSA) is 46.2 Å². The number of hydrogen-bond acceptors (Lipinski definition) is 3. The summed E-state index contributed by atoms with van der Waals surface area (Å²) in [7, 11) is 0. The first-order valence-electron chi connectivity index (χ1n) is 11.7. The van der Waals surface area contributed by atoms with Gasteiger partial charge in [0, 0.05) is 23.3 Å². The van der Waals surface area contributed by atoms with Crippen LogP contribution in [0.1, 0.15) is 65.8 Å². The van der Waals surface area contributed by atoms with Gasteiger partial charge in [0.15, 0.2) is 5.11 Å². The molecule has 1 aliphatic rings. The molecule has 0 saturated carbocycles. The van der Waals surface area contributed by atoms with E-state index in [1.807, 2.05) is 30.5 Å². The van der Waals surface area contributed by atoms with E-state index < -0.39 is 0 Å². The highest BCUT2D eigenvalue weighted by atomic mass is 32.1. The first kappa shape index (κ1) is 22.4. The van der Waals surface area contributed by atoms with Crippen LogP contribution >= 0.6 is 12.2 Å². The fourth-order valence-electron chi connectivity index (χ4n) is 4.90. The van der Waals surface area contributed by atoms with Crippen LogP contribution in [0.15, 0.2) is 77.5 Å². The van der Waals surface area contributed by atoms with Gasteiger partial charge in [-0.1, -0.05) is 32.0 Å². The number of thiocarbonyl (C=S) groups is 1. The van der Waals surface area contributed by atoms with E-state index >= 15 is 0 Å². The molecule has 4 aromatic rings. The largest absolute Gasteiger partial charge is 0.467 e. The first-order chi connectivity index (χ1) is 16.4. The van der Waals surface area contributed by atoms with Crippen LogP contribution in [0.25, 0.3) is 0 Å². The molecule has 5 rings (SSSR count). The summed E-state index contributed by atoms with van der Waals surface area (Å²) < 4.78 is 7.95. The number of rotatable bonds is 6. The zero-order valence-electron chi connectivity index (χ0n) is 20.0. The maximum absolute atomic E-state index is 5.90. The molecule has 0 aliphatic carbocycles. The first-order valence-corrected chi connectivity index (χ1v) is 12.1. The molecular weight excluding hydrogens is 440 g/mol. The average molecular weight is 471 g/mol. The van der Waals surface area contributed by atoms with Crippen molar-refractivity contribution in [3.8, 4) is 0 Å². The standard InChI is InChI=1S/C28H30N4OS/c1-18(2)21-10-12-22(13-11-21)32-27(26(30-28(32)34)25-9-5-6-14-29-25)24-16-19(3)31(20(24)4)17-23-8-7-15-33-23/h5-16,18,26-27H,17H2,1-4H3,(H,30,34). The third kappa shape index (κ3) is 4.03. The van der Waals surface area contributed by atoms with Crippen LogP contribution in [-0.2, 0) is 6.54 Å². The lowest BCUT2D eigenvalue weighted by Gasteiger charge is -2.28. The Bertz CT molecular complexity index is 1280. The molecule has 0 radical (unpaired) electrons. The van der Waals surface area contributed by atoms with E-state index in [2.05, 4.69) is 83.9 Å². The van der Waals surface area contributed by atoms with Crippen molar-refractivity contribution in [3.63, 3.8) is 0 Å². The predicted octanol–water partition coefficient (Wildman–Crippen LogP) is 6.44. The Morgan fingerprint density at radius 3 is 2.50 bits per heavy atom. The summed E-state index contributed by atoms with van der Waals surface area (Å²) in [4.78, 5) is 6.93. The molecule has 4 heterocycles. The lowest BCUT2D eigenvalue weighted by Crippen LogP contribution is -2.29. The van der Waals surface area contributed by atoms with Gasteiger partial charge in [-0.3, -0.25) is 4.98 Å². The Kier molecular flexibility index (Phi) is 6.00. The monoisotopic (exact) mass is 470 g/mol. The fourth-order valence-corrected chi connectivity index (χ4v) is 5.24. The number of furan rings is 1. The molecule has 174 valence electrons. The van der Waals surface area contributed by atoms with Crippen LogP contribution in [0.2, 0.25) is 0 Å². The number of aromatic nitrogens is 2. The second-order valence-electron chi connectivity index (χ2n) is 9.23. The molecule has 34 heavy (non-hydrogen) atoms. The Hall–Kier alpha value is -3.38. The van der Waals surface area contributed by atoms with E-state index in [0.29, 0.717) is 17.6 Å². The minimum Gasteiger partial charge on any atom is -0.467 e. The number of nitrogens with one attached hydrogen (secondary N) is 1. The van der Waals surface area contributed by atoms with Crippen molar-refractivity contribution in [2.24, 2.45) is 0 Å². The highest BCUT2D eigenvalue weighted by Crippen LogP contribution is 2.43. The van der Waals surface area contributed by atoms with Crippen molar-refractivity contribution in [2.45, 2.75) is 52.2 Å². The molecule has 1 fully saturated rings. The number of benzene rings is 1. The van der Waals surface area contributed by atoms with Crippen LogP contribution in [0.3, 0.4) is 0 Å². The molecular formula is C28H30N4OS. The second-order valence-corrected chi connectivity index (χ2v) is 9.62. The average Bonchev–Trinajstić information content (AvgIpc) is 3.54. The molecule has 1 saturated heterocycles. The SMILES string of the molecule is Cc1cc(C2C(c3ccccn3)NC(=S)N2c2ccc(C(C)C)cc2)c(C)n1Cc1ccco1. The quantitative estimate of drug-likeness (QED) is 0.329. The molecule has 0 spiro atoms. The summed E-state index contributed by atoms with van der Waals surface area (Å²) in [6, 6.07) is 21.0. The van der Waals surface area contributed by atoms with Gasteiger partial charge in [-0.25, -0.2) is 0 Å². The third-order valence-electron chi connectivity index (χ3n) is 6.76. The zero-order chi connectivity index (χ0) is 23.8. The van der Waals surface area contributed by atoms with Gasteiger partial charge in [0.25, 0.3) is 0 Å². The van der Waals surface area contributed by atoms with Gasteiger partial charge in [0.05, 0.1) is 30.6 Å². The van der Waals surface area contributed by atoms with Crippen molar-refractivity contribution in [1.82, 2.24) is 14.9 Å². The van der Waals surface area contributed by atoms with Crippen molar-refractivity contribution in [2.75, 3.05) is 4.90 Å². The summed E-state index contributed by atoms with van der Waals surface area (Å²) in [5.74, 6) is 1.42. The molecule has 0 amide bonds. The number of anilines is 1. The number of aryl methyl sites for hydroxylation is 1. The molecule has 1 aliphatic heterocycles. The lowest BCUT2D eigenvalue weighted by molar-refractivity contribution is 0.488. The van der Waals surface area contributed by atoms with E-state index in [0.717, 1.165) is 17.1 Å². The van der Waals surface area contributed by atoms with E-state index in [9.17, 15) is 0 Å². The Labute approximate surface area is 206 Å². The van der Waals surface area contributed by atoms with Gasteiger partial charge in [0.1, 0.15) is 5.76 Å². The van der Waals surface area contributed by atoms with Crippen molar-refractivity contribution in [1.29, 1.82) is 0 Å². The van der Waals surface area contributed by atoms with Crippen LogP contribution in [0, 0.1) is 13.8 Å². The lowest BCUT2D eigenvalue weighted by atomic mass is 9.96. The smallest absolute Gasteiger partial charge is 0.174 e. The minimum absolute atomic E-state index is 0.0242. The second kappa shape index (κ2) is 9.11. The minimum atomic E-state index is -0.0592. The zero-order valence-corrected chi connectivity index (χ0v) is 20.8. The molecule has 2 atom stereocenters.